The Morgan fingerprint density at radius 3 is 2.95 bits per heavy atom. The second-order valence-corrected chi connectivity index (χ2v) is 4.19. The van der Waals surface area contributed by atoms with E-state index in [4.69, 9.17) is 16.9 Å². The number of amides is 1. The van der Waals surface area contributed by atoms with E-state index in [2.05, 4.69) is 16.4 Å². The quantitative estimate of drug-likeness (QED) is 0.873. The van der Waals surface area contributed by atoms with Crippen LogP contribution in [0.1, 0.15) is 21.5 Å². The van der Waals surface area contributed by atoms with Crippen LogP contribution >= 0.6 is 11.6 Å². The van der Waals surface area contributed by atoms with Gasteiger partial charge in [0.2, 0.25) is 0 Å². The van der Waals surface area contributed by atoms with Gasteiger partial charge in [-0.25, -0.2) is 4.98 Å². The van der Waals surface area contributed by atoms with Crippen molar-refractivity contribution in [3.63, 3.8) is 0 Å². The molecule has 2 aromatic rings. The van der Waals surface area contributed by atoms with Crippen molar-refractivity contribution >= 4 is 17.5 Å². The number of nitriles is 1. The molecule has 0 atom stereocenters. The van der Waals surface area contributed by atoms with Crippen molar-refractivity contribution in [3.05, 3.63) is 64.4 Å². The molecule has 2 rings (SSSR count). The van der Waals surface area contributed by atoms with Gasteiger partial charge in [-0.2, -0.15) is 5.26 Å². The van der Waals surface area contributed by atoms with Gasteiger partial charge in [0, 0.05) is 12.7 Å². The highest BCUT2D eigenvalue weighted by Crippen LogP contribution is 2.11. The van der Waals surface area contributed by atoms with E-state index in [0.717, 1.165) is 5.56 Å². The number of aromatic nitrogens is 1. The largest absolute Gasteiger partial charge is 0.348 e. The molecule has 0 aliphatic carbocycles. The van der Waals surface area contributed by atoms with Crippen molar-refractivity contribution in [1.82, 2.24) is 10.3 Å². The van der Waals surface area contributed by atoms with E-state index in [9.17, 15) is 4.79 Å². The minimum Gasteiger partial charge on any atom is -0.348 e. The van der Waals surface area contributed by atoms with Crippen molar-refractivity contribution in [2.75, 3.05) is 0 Å². The Morgan fingerprint density at radius 1 is 1.37 bits per heavy atom. The van der Waals surface area contributed by atoms with E-state index in [-0.39, 0.29) is 11.1 Å². The maximum absolute atomic E-state index is 11.9. The van der Waals surface area contributed by atoms with Crippen LogP contribution in [-0.2, 0) is 6.54 Å². The normalized spacial score (nSPS) is 9.68. The van der Waals surface area contributed by atoms with Crippen molar-refractivity contribution < 1.29 is 4.79 Å². The minimum atomic E-state index is -0.291. The Balaban J connectivity index is 2.05. The highest BCUT2D eigenvalue weighted by Gasteiger charge is 2.09. The zero-order valence-corrected chi connectivity index (χ0v) is 10.7. The number of benzene rings is 1. The molecule has 1 amide bonds. The smallest absolute Gasteiger partial charge is 0.254 e. The maximum atomic E-state index is 11.9. The molecule has 5 heteroatoms. The minimum absolute atomic E-state index is 0.172. The van der Waals surface area contributed by atoms with Gasteiger partial charge in [0.05, 0.1) is 17.2 Å². The van der Waals surface area contributed by atoms with Gasteiger partial charge in [-0.15, -0.1) is 0 Å². The monoisotopic (exact) mass is 271 g/mol. The average Bonchev–Trinajstić information content (AvgIpc) is 2.45. The molecule has 1 heterocycles. The van der Waals surface area contributed by atoms with E-state index in [0.29, 0.717) is 17.7 Å². The van der Waals surface area contributed by atoms with Gasteiger partial charge in [-0.05, 0) is 29.8 Å². The Morgan fingerprint density at radius 2 is 2.21 bits per heavy atom. The highest BCUT2D eigenvalue weighted by molar-refractivity contribution is 6.32. The summed E-state index contributed by atoms with van der Waals surface area (Å²) in [7, 11) is 0. The van der Waals surface area contributed by atoms with E-state index >= 15 is 0 Å². The SMILES string of the molecule is N#Cc1cccc(CNC(=O)c2cccnc2Cl)c1. The zero-order chi connectivity index (χ0) is 13.7. The summed E-state index contributed by atoms with van der Waals surface area (Å²) < 4.78 is 0. The standard InChI is InChI=1S/C14H10ClN3O/c15-13-12(5-2-6-17-13)14(19)18-9-11-4-1-3-10(7-11)8-16/h1-7H,9H2,(H,18,19). The number of nitrogens with zero attached hydrogens (tertiary/aromatic N) is 2. The average molecular weight is 272 g/mol. The molecule has 0 bridgehead atoms. The first-order chi connectivity index (χ1) is 9.20. The lowest BCUT2D eigenvalue weighted by Crippen LogP contribution is -2.23. The van der Waals surface area contributed by atoms with Gasteiger partial charge in [-0.1, -0.05) is 23.7 Å². The van der Waals surface area contributed by atoms with Crippen LogP contribution in [-0.4, -0.2) is 10.9 Å². The van der Waals surface area contributed by atoms with Crippen molar-refractivity contribution in [1.29, 1.82) is 5.26 Å². The number of rotatable bonds is 3. The summed E-state index contributed by atoms with van der Waals surface area (Å²) in [5.41, 5.74) is 1.75. The van der Waals surface area contributed by atoms with E-state index in [1.165, 1.54) is 6.20 Å². The first-order valence-electron chi connectivity index (χ1n) is 5.58. The predicted molar refractivity (Wildman–Crippen MR) is 71.6 cm³/mol. The molecule has 0 saturated carbocycles. The molecule has 1 aromatic carbocycles. The Kier molecular flexibility index (Phi) is 4.11. The molecule has 0 unspecified atom stereocenters. The fraction of sp³-hybridized carbons (Fsp3) is 0.0714. The van der Waals surface area contributed by atoms with Gasteiger partial charge < -0.3 is 5.32 Å². The fourth-order valence-corrected chi connectivity index (χ4v) is 1.79. The molecular weight excluding hydrogens is 262 g/mol. The highest BCUT2D eigenvalue weighted by atomic mass is 35.5. The van der Waals surface area contributed by atoms with E-state index in [1.807, 2.05) is 6.07 Å². The lowest BCUT2D eigenvalue weighted by molar-refractivity contribution is 0.0950. The first kappa shape index (κ1) is 13.1. The van der Waals surface area contributed by atoms with Crippen LogP contribution in [0, 0.1) is 11.3 Å². The molecule has 94 valence electrons. The summed E-state index contributed by atoms with van der Waals surface area (Å²) in [4.78, 5) is 15.7. The van der Waals surface area contributed by atoms with Crippen molar-refractivity contribution in [3.8, 4) is 6.07 Å². The number of carbonyl (C=O) groups excluding carboxylic acids is 1. The Bertz CT molecular complexity index is 649. The number of nitrogens with one attached hydrogen (secondary N) is 1. The number of carbonyl (C=O) groups is 1. The van der Waals surface area contributed by atoms with Crippen LogP contribution in [0.3, 0.4) is 0 Å². The van der Waals surface area contributed by atoms with Gasteiger partial charge in [0.15, 0.2) is 0 Å². The van der Waals surface area contributed by atoms with Gasteiger partial charge in [0.25, 0.3) is 5.91 Å². The van der Waals surface area contributed by atoms with Crippen LogP contribution < -0.4 is 5.32 Å². The van der Waals surface area contributed by atoms with Gasteiger partial charge in [-0.3, -0.25) is 4.79 Å². The third-order valence-corrected chi connectivity index (χ3v) is 2.81. The van der Waals surface area contributed by atoms with Crippen LogP contribution in [0.4, 0.5) is 0 Å². The third-order valence-electron chi connectivity index (χ3n) is 2.51. The Hall–Kier alpha value is -2.38. The summed E-state index contributed by atoms with van der Waals surface area (Å²) >= 11 is 5.83. The summed E-state index contributed by atoms with van der Waals surface area (Å²) in [6.45, 7) is 0.333. The van der Waals surface area contributed by atoms with Crippen LogP contribution in [0.5, 0.6) is 0 Å². The summed E-state index contributed by atoms with van der Waals surface area (Å²) in [6.07, 6.45) is 1.52. The molecule has 0 saturated heterocycles. The molecule has 1 aromatic heterocycles. The number of halogens is 1. The molecule has 19 heavy (non-hydrogen) atoms. The molecule has 0 spiro atoms. The zero-order valence-electron chi connectivity index (χ0n) is 9.93. The van der Waals surface area contributed by atoms with Crippen LogP contribution in [0.2, 0.25) is 5.15 Å². The summed E-state index contributed by atoms with van der Waals surface area (Å²) in [5, 5.41) is 11.7. The molecule has 4 nitrogen and oxygen atoms in total. The van der Waals surface area contributed by atoms with E-state index < -0.39 is 0 Å². The molecule has 0 aliphatic rings. The van der Waals surface area contributed by atoms with Crippen LogP contribution in [0.25, 0.3) is 0 Å². The fourth-order valence-electron chi connectivity index (χ4n) is 1.58. The van der Waals surface area contributed by atoms with E-state index in [1.54, 1.807) is 30.3 Å². The van der Waals surface area contributed by atoms with Gasteiger partial charge in [0.1, 0.15) is 5.15 Å². The number of pyridine rings is 1. The van der Waals surface area contributed by atoms with Gasteiger partial charge >= 0.3 is 0 Å². The van der Waals surface area contributed by atoms with Crippen molar-refractivity contribution in [2.45, 2.75) is 6.54 Å². The van der Waals surface area contributed by atoms with Crippen molar-refractivity contribution in [2.24, 2.45) is 0 Å². The molecule has 0 fully saturated rings. The topological polar surface area (TPSA) is 65.8 Å². The molecule has 1 N–H and O–H groups in total. The first-order valence-corrected chi connectivity index (χ1v) is 5.96. The maximum Gasteiger partial charge on any atom is 0.254 e. The molecule has 0 radical (unpaired) electrons. The second-order valence-electron chi connectivity index (χ2n) is 3.84. The number of hydrogen-bond acceptors (Lipinski definition) is 3. The number of hydrogen-bond donors (Lipinski definition) is 1. The predicted octanol–water partition coefficient (Wildman–Crippen LogP) is 2.54. The second kappa shape index (κ2) is 5.98. The lowest BCUT2D eigenvalue weighted by Gasteiger charge is -2.06. The lowest BCUT2D eigenvalue weighted by atomic mass is 10.1. The third kappa shape index (κ3) is 3.30. The Labute approximate surface area is 115 Å². The van der Waals surface area contributed by atoms with Crippen LogP contribution in [0.15, 0.2) is 42.6 Å². The molecule has 0 aliphatic heterocycles. The summed E-state index contributed by atoms with van der Waals surface area (Å²) in [6, 6.07) is 12.4. The summed E-state index contributed by atoms with van der Waals surface area (Å²) in [5.74, 6) is -0.291. The molecular formula is C14H10ClN3O.